The van der Waals surface area contributed by atoms with Crippen LogP contribution in [0, 0.1) is 0 Å². The number of nitrogens with two attached hydrogens (primary N) is 1. The van der Waals surface area contributed by atoms with E-state index >= 15 is 0 Å². The van der Waals surface area contributed by atoms with E-state index in [0.717, 1.165) is 35.1 Å². The van der Waals surface area contributed by atoms with Gasteiger partial charge in [-0.15, -0.1) is 0 Å². The Hall–Kier alpha value is -4.27. The molecule has 0 spiro atoms. The highest BCUT2D eigenvalue weighted by Crippen LogP contribution is 2.26. The fourth-order valence-corrected chi connectivity index (χ4v) is 3.26. The molecule has 0 unspecified atom stereocenters. The number of aliphatic carboxylic acids is 1. The van der Waals surface area contributed by atoms with Crippen LogP contribution in [-0.4, -0.2) is 39.6 Å². The number of nitrogens with zero attached hydrogens (tertiary/aromatic N) is 3. The van der Waals surface area contributed by atoms with Crippen molar-refractivity contribution in [3.63, 3.8) is 0 Å². The highest BCUT2D eigenvalue weighted by atomic mass is 16.5. The standard InChI is InChI=1S/C22H21N5O2.C2H4O2/c1-29-17-7-2-14(3-8-17)4-9-19(28)21-18-12-16(6-5-15(18)13-25-21)26-20-10-11-24-22(23)27-20;1-2(3)4/h2-3,5-8,10-12H,4,9,13H2,1H3,(H3,23,24,26,27);1H3,(H,3,4). The predicted octanol–water partition coefficient (Wildman–Crippen LogP) is 3.41. The van der Waals surface area contributed by atoms with Gasteiger partial charge in [-0.1, -0.05) is 18.2 Å². The van der Waals surface area contributed by atoms with Gasteiger partial charge < -0.3 is 20.9 Å². The minimum Gasteiger partial charge on any atom is -0.497 e. The molecule has 33 heavy (non-hydrogen) atoms. The summed E-state index contributed by atoms with van der Waals surface area (Å²) < 4.78 is 5.17. The molecule has 9 nitrogen and oxygen atoms in total. The van der Waals surface area contributed by atoms with Crippen LogP contribution in [-0.2, 0) is 22.6 Å². The van der Waals surface area contributed by atoms with Crippen molar-refractivity contribution in [3.8, 4) is 5.75 Å². The summed E-state index contributed by atoms with van der Waals surface area (Å²) in [5.41, 5.74) is 10.00. The molecular formula is C24H25N5O4. The van der Waals surface area contributed by atoms with Crippen molar-refractivity contribution in [2.75, 3.05) is 18.2 Å². The molecule has 4 N–H and O–H groups in total. The molecule has 9 heteroatoms. The Morgan fingerprint density at radius 2 is 1.88 bits per heavy atom. The minimum atomic E-state index is -0.833. The van der Waals surface area contributed by atoms with Crippen molar-refractivity contribution in [1.82, 2.24) is 9.97 Å². The number of aliphatic imine (C=N–C) groups is 1. The van der Waals surface area contributed by atoms with Gasteiger partial charge in [0, 0.05) is 30.8 Å². The highest BCUT2D eigenvalue weighted by Gasteiger charge is 2.22. The van der Waals surface area contributed by atoms with E-state index < -0.39 is 5.97 Å². The Morgan fingerprint density at radius 3 is 2.55 bits per heavy atom. The van der Waals surface area contributed by atoms with Crippen LogP contribution in [0.2, 0.25) is 0 Å². The van der Waals surface area contributed by atoms with Crippen LogP contribution >= 0.6 is 0 Å². The van der Waals surface area contributed by atoms with Crippen molar-refractivity contribution in [2.24, 2.45) is 4.99 Å². The number of benzene rings is 2. The molecule has 1 aliphatic rings. The lowest BCUT2D eigenvalue weighted by molar-refractivity contribution is -0.134. The minimum absolute atomic E-state index is 0.0444. The fourth-order valence-electron chi connectivity index (χ4n) is 3.26. The lowest BCUT2D eigenvalue weighted by atomic mass is 9.98. The first-order valence-corrected chi connectivity index (χ1v) is 10.2. The van der Waals surface area contributed by atoms with Crippen LogP contribution in [0.4, 0.5) is 17.5 Å². The maximum atomic E-state index is 12.8. The zero-order valence-corrected chi connectivity index (χ0v) is 18.4. The Balaban J connectivity index is 0.000000709. The normalized spacial score (nSPS) is 11.5. The quantitative estimate of drug-likeness (QED) is 0.501. The topological polar surface area (TPSA) is 140 Å². The summed E-state index contributed by atoms with van der Waals surface area (Å²) in [6.07, 6.45) is 2.66. The maximum Gasteiger partial charge on any atom is 0.300 e. The third-order valence-electron chi connectivity index (χ3n) is 4.78. The third kappa shape index (κ3) is 6.60. The molecule has 0 atom stereocenters. The molecule has 0 amide bonds. The molecule has 0 bridgehead atoms. The lowest BCUT2D eigenvalue weighted by Crippen LogP contribution is -2.15. The van der Waals surface area contributed by atoms with Gasteiger partial charge in [-0.3, -0.25) is 14.6 Å². The number of hydrogen-bond donors (Lipinski definition) is 3. The monoisotopic (exact) mass is 447 g/mol. The lowest BCUT2D eigenvalue weighted by Gasteiger charge is -2.09. The molecule has 3 aromatic rings. The number of nitrogens with one attached hydrogen (secondary N) is 1. The number of Topliss-reactive ketones (excluding diaryl/α,β-unsaturated/α-hetero) is 1. The van der Waals surface area contributed by atoms with Gasteiger partial charge in [0.15, 0.2) is 5.78 Å². The van der Waals surface area contributed by atoms with Gasteiger partial charge >= 0.3 is 0 Å². The van der Waals surface area contributed by atoms with Crippen LogP contribution in [0.1, 0.15) is 30.0 Å². The zero-order chi connectivity index (χ0) is 23.8. The second-order valence-corrected chi connectivity index (χ2v) is 7.25. The van der Waals surface area contributed by atoms with Gasteiger partial charge in [0.05, 0.1) is 13.7 Å². The molecule has 2 heterocycles. The number of rotatable bonds is 7. The highest BCUT2D eigenvalue weighted by molar-refractivity contribution is 6.47. The molecule has 0 fully saturated rings. The number of methoxy groups -OCH3 is 1. The van der Waals surface area contributed by atoms with Crippen molar-refractivity contribution < 1.29 is 19.4 Å². The Morgan fingerprint density at radius 1 is 1.15 bits per heavy atom. The van der Waals surface area contributed by atoms with E-state index in [2.05, 4.69) is 20.3 Å². The van der Waals surface area contributed by atoms with Crippen molar-refractivity contribution in [3.05, 3.63) is 71.4 Å². The first kappa shape index (κ1) is 23.4. The Bertz CT molecular complexity index is 1170. The van der Waals surface area contributed by atoms with E-state index in [1.54, 1.807) is 19.4 Å². The largest absolute Gasteiger partial charge is 0.497 e. The summed E-state index contributed by atoms with van der Waals surface area (Å²) in [4.78, 5) is 34.3. The number of ether oxygens (including phenoxy) is 1. The van der Waals surface area contributed by atoms with Crippen LogP contribution < -0.4 is 15.8 Å². The average molecular weight is 447 g/mol. The van der Waals surface area contributed by atoms with Crippen LogP contribution in [0.15, 0.2) is 59.7 Å². The summed E-state index contributed by atoms with van der Waals surface area (Å²) in [7, 11) is 1.64. The van der Waals surface area contributed by atoms with E-state index in [0.29, 0.717) is 30.9 Å². The number of carboxylic acid groups (broad SMARTS) is 1. The molecule has 0 saturated carbocycles. The van der Waals surface area contributed by atoms with Gasteiger partial charge in [0.25, 0.3) is 5.97 Å². The zero-order valence-electron chi connectivity index (χ0n) is 18.4. The number of nitrogen functional groups attached to an aromatic ring is 1. The molecule has 170 valence electrons. The van der Waals surface area contributed by atoms with Gasteiger partial charge in [0.1, 0.15) is 17.3 Å². The SMILES string of the molecule is CC(=O)O.COc1ccc(CCC(=O)C2=NCc3ccc(Nc4ccnc(N)n4)cc32)cc1. The summed E-state index contributed by atoms with van der Waals surface area (Å²) in [6.45, 7) is 1.61. The number of aryl methyl sites for hydroxylation is 1. The number of carbonyl (C=O) groups is 2. The number of carbonyl (C=O) groups excluding carboxylic acids is 1. The Labute approximate surface area is 191 Å². The van der Waals surface area contributed by atoms with Crippen LogP contribution in [0.3, 0.4) is 0 Å². The van der Waals surface area contributed by atoms with Crippen molar-refractivity contribution in [1.29, 1.82) is 0 Å². The van der Waals surface area contributed by atoms with E-state index in [9.17, 15) is 4.79 Å². The van der Waals surface area contributed by atoms with Gasteiger partial charge in [0.2, 0.25) is 5.95 Å². The van der Waals surface area contributed by atoms with E-state index in [-0.39, 0.29) is 11.7 Å². The van der Waals surface area contributed by atoms with Gasteiger partial charge in [-0.05, 0) is 47.9 Å². The predicted molar refractivity (Wildman–Crippen MR) is 126 cm³/mol. The van der Waals surface area contributed by atoms with Crippen molar-refractivity contribution >= 4 is 34.9 Å². The molecule has 0 saturated heterocycles. The van der Waals surface area contributed by atoms with E-state index in [1.165, 1.54) is 0 Å². The summed E-state index contributed by atoms with van der Waals surface area (Å²) in [5, 5.41) is 10.6. The number of carboxylic acids is 1. The first-order chi connectivity index (χ1) is 15.9. The van der Waals surface area contributed by atoms with Gasteiger partial charge in [-0.2, -0.15) is 4.98 Å². The van der Waals surface area contributed by atoms with Crippen LogP contribution in [0.5, 0.6) is 5.75 Å². The summed E-state index contributed by atoms with van der Waals surface area (Å²) in [5.74, 6) is 0.814. The Kier molecular flexibility index (Phi) is 7.69. The number of ketones is 1. The van der Waals surface area contributed by atoms with E-state index in [4.69, 9.17) is 20.4 Å². The third-order valence-corrected chi connectivity index (χ3v) is 4.78. The van der Waals surface area contributed by atoms with E-state index in [1.807, 2.05) is 42.5 Å². The summed E-state index contributed by atoms with van der Waals surface area (Å²) in [6, 6.07) is 15.4. The average Bonchev–Trinajstić information content (AvgIpc) is 3.21. The maximum absolute atomic E-state index is 12.8. The molecule has 2 aromatic carbocycles. The fraction of sp³-hybridized carbons (Fsp3) is 0.208. The molecule has 4 rings (SSSR count). The smallest absolute Gasteiger partial charge is 0.300 e. The number of anilines is 3. The molecule has 0 aliphatic carbocycles. The van der Waals surface area contributed by atoms with Gasteiger partial charge in [-0.25, -0.2) is 4.98 Å². The second kappa shape index (κ2) is 10.9. The number of aromatic nitrogens is 2. The van der Waals surface area contributed by atoms with Crippen LogP contribution in [0.25, 0.3) is 0 Å². The number of fused-ring (bicyclic) bond motifs is 1. The molecule has 1 aromatic heterocycles. The molecular weight excluding hydrogens is 422 g/mol. The molecule has 0 radical (unpaired) electrons. The number of hydrogen-bond acceptors (Lipinski definition) is 8. The first-order valence-electron chi connectivity index (χ1n) is 10.2. The van der Waals surface area contributed by atoms with Crippen molar-refractivity contribution in [2.45, 2.75) is 26.3 Å². The second-order valence-electron chi connectivity index (χ2n) is 7.25. The summed E-state index contributed by atoms with van der Waals surface area (Å²) >= 11 is 0. The molecule has 1 aliphatic heterocycles.